The molecule has 0 saturated heterocycles. The van der Waals surface area contributed by atoms with Gasteiger partial charge in [-0.1, -0.05) is 37.0 Å². The Morgan fingerprint density at radius 3 is 2.31 bits per heavy atom. The van der Waals surface area contributed by atoms with Crippen LogP contribution in [0.15, 0.2) is 24.3 Å². The van der Waals surface area contributed by atoms with Crippen molar-refractivity contribution >= 4 is 51.7 Å². The van der Waals surface area contributed by atoms with Gasteiger partial charge < -0.3 is 15.4 Å². The van der Waals surface area contributed by atoms with Crippen LogP contribution < -0.4 is 5.32 Å². The summed E-state index contributed by atoms with van der Waals surface area (Å²) in [6.07, 6.45) is -0.535. The Morgan fingerprint density at radius 2 is 1.72 bits per heavy atom. The van der Waals surface area contributed by atoms with Crippen LogP contribution in [0.3, 0.4) is 0 Å². The van der Waals surface area contributed by atoms with Crippen molar-refractivity contribution in [1.29, 1.82) is 0 Å². The van der Waals surface area contributed by atoms with Crippen molar-refractivity contribution in [2.45, 2.75) is 20.3 Å². The molecular formula is C19H15Cl2F3N2O3. The van der Waals surface area contributed by atoms with Crippen molar-refractivity contribution < 1.29 is 27.9 Å². The third-order valence-electron chi connectivity index (χ3n) is 3.79. The Kier molecular flexibility index (Phi) is 7.16. The summed E-state index contributed by atoms with van der Waals surface area (Å²) in [5.41, 5.74) is -0.982. The molecule has 0 aliphatic carbocycles. The van der Waals surface area contributed by atoms with E-state index in [4.69, 9.17) is 23.2 Å². The monoisotopic (exact) mass is 446 g/mol. The number of halogens is 5. The first-order valence-electron chi connectivity index (χ1n) is 8.35. The molecule has 2 aromatic carbocycles. The van der Waals surface area contributed by atoms with E-state index in [2.05, 4.69) is 10.3 Å². The molecule has 10 heteroatoms. The highest BCUT2D eigenvalue weighted by Crippen LogP contribution is 2.29. The molecular weight excluding hydrogens is 432 g/mol. The van der Waals surface area contributed by atoms with Crippen LogP contribution in [0.2, 0.25) is 10.0 Å². The van der Waals surface area contributed by atoms with E-state index < -0.39 is 47.0 Å². The van der Waals surface area contributed by atoms with Crippen LogP contribution in [0.4, 0.5) is 18.9 Å². The van der Waals surface area contributed by atoms with Crippen LogP contribution in [0.1, 0.15) is 29.9 Å². The fraction of sp³-hybridized carbons (Fsp3) is 0.158. The minimum Gasteiger partial charge on any atom is -0.477 e. The number of rotatable bonds is 4. The lowest BCUT2D eigenvalue weighted by Crippen LogP contribution is -2.16. The molecule has 29 heavy (non-hydrogen) atoms. The van der Waals surface area contributed by atoms with Crippen LogP contribution >= 0.6 is 23.2 Å². The van der Waals surface area contributed by atoms with Crippen molar-refractivity contribution in [3.63, 3.8) is 0 Å². The van der Waals surface area contributed by atoms with Crippen molar-refractivity contribution in [3.05, 3.63) is 63.0 Å². The summed E-state index contributed by atoms with van der Waals surface area (Å²) in [6.45, 7) is 4.00. The Morgan fingerprint density at radius 1 is 1.07 bits per heavy atom. The molecule has 3 aromatic rings. The van der Waals surface area contributed by atoms with E-state index in [-0.39, 0.29) is 26.7 Å². The lowest BCUT2D eigenvalue weighted by molar-refractivity contribution is -0.115. The van der Waals surface area contributed by atoms with Crippen LogP contribution in [0, 0.1) is 17.5 Å². The average molecular weight is 447 g/mol. The van der Waals surface area contributed by atoms with Gasteiger partial charge in [0.1, 0.15) is 5.69 Å². The third-order valence-corrected chi connectivity index (χ3v) is 4.53. The zero-order valence-electron chi connectivity index (χ0n) is 15.2. The number of carboxylic acid groups (broad SMARTS) is 1. The quantitative estimate of drug-likeness (QED) is 0.443. The molecule has 0 spiro atoms. The molecule has 0 fully saturated rings. The van der Waals surface area contributed by atoms with Gasteiger partial charge >= 0.3 is 5.97 Å². The third kappa shape index (κ3) is 4.65. The first kappa shape index (κ1) is 22.6. The van der Waals surface area contributed by atoms with Gasteiger partial charge in [-0.3, -0.25) is 4.79 Å². The van der Waals surface area contributed by atoms with Crippen LogP contribution in [0.5, 0.6) is 0 Å². The van der Waals surface area contributed by atoms with Crippen molar-refractivity contribution in [1.82, 2.24) is 4.98 Å². The zero-order valence-corrected chi connectivity index (χ0v) is 16.7. The number of aromatic carboxylic acids is 1. The molecule has 3 rings (SSSR count). The Bertz CT molecular complexity index is 1100. The number of anilines is 1. The largest absolute Gasteiger partial charge is 0.477 e. The topological polar surface area (TPSA) is 82.2 Å². The van der Waals surface area contributed by atoms with Gasteiger partial charge in [0.05, 0.1) is 22.0 Å². The van der Waals surface area contributed by atoms with E-state index in [1.54, 1.807) is 0 Å². The summed E-state index contributed by atoms with van der Waals surface area (Å²) < 4.78 is 40.9. The van der Waals surface area contributed by atoms with Crippen molar-refractivity contribution in [3.8, 4) is 0 Å². The standard InChI is InChI=1S/C17H9Cl2F3N2O3.C2H6/c18-9-2-1-6(3-10(9)19)23-12(25)5-8-7-4-11(20)13(21)14(22)15(7)24-16(8)17(26)27;1-2/h1-4,24H,5H2,(H,23,25)(H,26,27);1-2H3. The second-order valence-electron chi connectivity index (χ2n) is 5.55. The first-order valence-corrected chi connectivity index (χ1v) is 9.11. The maximum atomic E-state index is 13.9. The molecule has 0 saturated carbocycles. The lowest BCUT2D eigenvalue weighted by atomic mass is 10.1. The number of H-pyrrole nitrogens is 1. The van der Waals surface area contributed by atoms with Gasteiger partial charge in [0.15, 0.2) is 17.5 Å². The summed E-state index contributed by atoms with van der Waals surface area (Å²) in [4.78, 5) is 25.9. The number of hydrogen-bond donors (Lipinski definition) is 3. The zero-order chi connectivity index (χ0) is 21.9. The number of carboxylic acids is 1. The van der Waals surface area contributed by atoms with Crippen molar-refractivity contribution in [2.24, 2.45) is 0 Å². The van der Waals surface area contributed by atoms with Crippen LogP contribution in [0.25, 0.3) is 10.9 Å². The normalized spacial score (nSPS) is 10.4. The number of nitrogens with one attached hydrogen (secondary N) is 2. The number of carbonyl (C=O) groups excluding carboxylic acids is 1. The van der Waals surface area contributed by atoms with E-state index in [1.807, 2.05) is 13.8 Å². The van der Waals surface area contributed by atoms with Crippen molar-refractivity contribution in [2.75, 3.05) is 5.32 Å². The fourth-order valence-electron chi connectivity index (χ4n) is 2.60. The molecule has 1 amide bonds. The lowest BCUT2D eigenvalue weighted by Gasteiger charge is -2.07. The van der Waals surface area contributed by atoms with E-state index in [0.29, 0.717) is 6.07 Å². The van der Waals surface area contributed by atoms with Gasteiger partial charge in [0.25, 0.3) is 0 Å². The molecule has 0 aliphatic heterocycles. The molecule has 0 atom stereocenters. The predicted octanol–water partition coefficient (Wildman–Crippen LogP) is 5.80. The fourth-order valence-corrected chi connectivity index (χ4v) is 2.89. The van der Waals surface area contributed by atoms with E-state index >= 15 is 0 Å². The highest BCUT2D eigenvalue weighted by molar-refractivity contribution is 6.42. The van der Waals surface area contributed by atoms with Crippen LogP contribution in [-0.2, 0) is 11.2 Å². The molecule has 5 nitrogen and oxygen atoms in total. The van der Waals surface area contributed by atoms with E-state index in [9.17, 15) is 27.9 Å². The molecule has 0 bridgehead atoms. The van der Waals surface area contributed by atoms with Gasteiger partial charge in [0, 0.05) is 16.6 Å². The first-order chi connectivity index (χ1) is 13.7. The second-order valence-corrected chi connectivity index (χ2v) is 6.36. The number of benzene rings is 2. The Balaban J connectivity index is 0.00000145. The molecule has 1 heterocycles. The van der Waals surface area contributed by atoms with E-state index in [0.717, 1.165) is 0 Å². The smallest absolute Gasteiger partial charge is 0.352 e. The molecule has 154 valence electrons. The SMILES string of the molecule is CC.O=C(Cc1c(C(=O)O)[nH]c2c(F)c(F)c(F)cc12)Nc1ccc(Cl)c(Cl)c1. The minimum atomic E-state index is -1.74. The Labute approximate surface area is 173 Å². The molecule has 0 unspecified atom stereocenters. The number of aromatic nitrogens is 1. The predicted molar refractivity (Wildman–Crippen MR) is 105 cm³/mol. The number of aromatic amines is 1. The highest BCUT2D eigenvalue weighted by Gasteiger charge is 2.24. The Hall–Kier alpha value is -2.71. The summed E-state index contributed by atoms with van der Waals surface area (Å²) >= 11 is 11.6. The van der Waals surface area contributed by atoms with Gasteiger partial charge in [-0.25, -0.2) is 18.0 Å². The number of fused-ring (bicyclic) bond motifs is 1. The highest BCUT2D eigenvalue weighted by atomic mass is 35.5. The summed E-state index contributed by atoms with van der Waals surface area (Å²) in [6, 6.07) is 4.93. The second kappa shape index (κ2) is 9.19. The number of carbonyl (C=O) groups is 2. The molecule has 0 radical (unpaired) electrons. The molecule has 1 aromatic heterocycles. The molecule has 0 aliphatic rings. The maximum absolute atomic E-state index is 13.9. The summed E-state index contributed by atoms with van der Waals surface area (Å²) in [5, 5.41) is 11.9. The van der Waals surface area contributed by atoms with Gasteiger partial charge in [-0.15, -0.1) is 0 Å². The summed E-state index contributed by atoms with van der Waals surface area (Å²) in [5.74, 6) is -7.00. The average Bonchev–Trinajstić information content (AvgIpc) is 3.03. The maximum Gasteiger partial charge on any atom is 0.352 e. The van der Waals surface area contributed by atoms with E-state index in [1.165, 1.54) is 18.2 Å². The number of amides is 1. The minimum absolute atomic E-state index is 0.187. The van der Waals surface area contributed by atoms with Crippen LogP contribution in [-0.4, -0.2) is 22.0 Å². The summed E-state index contributed by atoms with van der Waals surface area (Å²) in [7, 11) is 0. The van der Waals surface area contributed by atoms with Gasteiger partial charge in [-0.2, -0.15) is 0 Å². The van der Waals surface area contributed by atoms with Gasteiger partial charge in [-0.05, 0) is 24.3 Å². The molecule has 3 N–H and O–H groups in total. The number of hydrogen-bond acceptors (Lipinski definition) is 2. The van der Waals surface area contributed by atoms with Gasteiger partial charge in [0.2, 0.25) is 5.91 Å².